The third-order valence-electron chi connectivity index (χ3n) is 2.74. The highest BCUT2D eigenvalue weighted by molar-refractivity contribution is 5.61. The minimum Gasteiger partial charge on any atom is -0.493 e. The molecule has 0 unspecified atom stereocenters. The molecule has 2 rings (SSSR count). The van der Waals surface area contributed by atoms with Gasteiger partial charge in [-0.1, -0.05) is 0 Å². The lowest BCUT2D eigenvalue weighted by Crippen LogP contribution is -2.11. The standard InChI is InChI=1S/C14H16N2O4/c1-18-8-10-7-13(17)16-14(15-10)9-4-5-11(19-2)12(6-9)20-3/h4-7H,8H2,1-3H3,(H,15,16,17). The molecule has 0 aliphatic carbocycles. The van der Waals surface area contributed by atoms with E-state index >= 15 is 0 Å². The number of nitrogens with one attached hydrogen (secondary N) is 1. The minimum atomic E-state index is -0.225. The molecule has 0 saturated heterocycles. The maximum Gasteiger partial charge on any atom is 0.251 e. The van der Waals surface area contributed by atoms with Crippen LogP contribution in [0.15, 0.2) is 29.1 Å². The number of hydrogen-bond acceptors (Lipinski definition) is 5. The van der Waals surface area contributed by atoms with Crippen LogP contribution in [-0.4, -0.2) is 31.3 Å². The number of rotatable bonds is 5. The van der Waals surface area contributed by atoms with Crippen molar-refractivity contribution in [1.82, 2.24) is 9.97 Å². The molecule has 0 aliphatic rings. The summed E-state index contributed by atoms with van der Waals surface area (Å²) in [7, 11) is 4.68. The first kappa shape index (κ1) is 14.1. The van der Waals surface area contributed by atoms with Gasteiger partial charge in [-0.25, -0.2) is 4.98 Å². The van der Waals surface area contributed by atoms with Crippen LogP contribution < -0.4 is 15.0 Å². The molecule has 1 N–H and O–H groups in total. The molecule has 0 saturated carbocycles. The van der Waals surface area contributed by atoms with Crippen LogP contribution >= 0.6 is 0 Å². The van der Waals surface area contributed by atoms with E-state index in [1.165, 1.54) is 6.07 Å². The molecule has 6 heteroatoms. The maximum absolute atomic E-state index is 11.6. The van der Waals surface area contributed by atoms with Crippen molar-refractivity contribution < 1.29 is 14.2 Å². The van der Waals surface area contributed by atoms with Crippen LogP contribution in [0.4, 0.5) is 0 Å². The van der Waals surface area contributed by atoms with Crippen LogP contribution in [0.5, 0.6) is 11.5 Å². The van der Waals surface area contributed by atoms with Gasteiger partial charge >= 0.3 is 0 Å². The Morgan fingerprint density at radius 1 is 1.10 bits per heavy atom. The lowest BCUT2D eigenvalue weighted by molar-refractivity contribution is 0.181. The molecular formula is C14H16N2O4. The van der Waals surface area contributed by atoms with E-state index in [1.807, 2.05) is 0 Å². The molecular weight excluding hydrogens is 260 g/mol. The zero-order valence-corrected chi connectivity index (χ0v) is 11.6. The van der Waals surface area contributed by atoms with Crippen LogP contribution in [0.3, 0.4) is 0 Å². The van der Waals surface area contributed by atoms with E-state index in [1.54, 1.807) is 39.5 Å². The molecule has 0 amide bonds. The summed E-state index contributed by atoms with van der Waals surface area (Å²) < 4.78 is 15.4. The van der Waals surface area contributed by atoms with Gasteiger partial charge in [0.15, 0.2) is 11.5 Å². The second-order valence-corrected chi connectivity index (χ2v) is 4.09. The van der Waals surface area contributed by atoms with Crippen molar-refractivity contribution in [3.63, 3.8) is 0 Å². The molecule has 0 bridgehead atoms. The highest BCUT2D eigenvalue weighted by Crippen LogP contribution is 2.30. The van der Waals surface area contributed by atoms with Crippen molar-refractivity contribution in [2.45, 2.75) is 6.61 Å². The first-order chi connectivity index (χ1) is 9.67. The van der Waals surface area contributed by atoms with Crippen molar-refractivity contribution >= 4 is 0 Å². The molecule has 0 spiro atoms. The van der Waals surface area contributed by atoms with E-state index in [4.69, 9.17) is 14.2 Å². The summed E-state index contributed by atoms with van der Waals surface area (Å²) in [6.45, 7) is 0.282. The Labute approximate surface area is 116 Å². The molecule has 1 aromatic carbocycles. The fraction of sp³-hybridized carbons (Fsp3) is 0.286. The van der Waals surface area contributed by atoms with Crippen LogP contribution in [0, 0.1) is 0 Å². The first-order valence-electron chi connectivity index (χ1n) is 5.99. The number of aromatic amines is 1. The number of ether oxygens (including phenoxy) is 3. The van der Waals surface area contributed by atoms with E-state index < -0.39 is 0 Å². The number of hydrogen-bond donors (Lipinski definition) is 1. The summed E-state index contributed by atoms with van der Waals surface area (Å²) in [5.74, 6) is 1.65. The third kappa shape index (κ3) is 2.97. The van der Waals surface area contributed by atoms with Crippen molar-refractivity contribution in [3.8, 4) is 22.9 Å². The van der Waals surface area contributed by atoms with Crippen molar-refractivity contribution in [2.24, 2.45) is 0 Å². The van der Waals surface area contributed by atoms with Gasteiger partial charge in [-0.05, 0) is 18.2 Å². The van der Waals surface area contributed by atoms with Gasteiger partial charge in [-0.15, -0.1) is 0 Å². The molecule has 106 valence electrons. The Hall–Kier alpha value is -2.34. The summed E-state index contributed by atoms with van der Waals surface area (Å²) in [5, 5.41) is 0. The number of aromatic nitrogens is 2. The highest BCUT2D eigenvalue weighted by Gasteiger charge is 2.09. The van der Waals surface area contributed by atoms with Gasteiger partial charge in [0.2, 0.25) is 0 Å². The fourth-order valence-corrected chi connectivity index (χ4v) is 1.85. The SMILES string of the molecule is COCc1cc(=O)[nH]c(-c2ccc(OC)c(OC)c2)n1. The van der Waals surface area contributed by atoms with E-state index in [-0.39, 0.29) is 12.2 Å². The predicted octanol–water partition coefficient (Wildman–Crippen LogP) is 1.60. The fourth-order valence-electron chi connectivity index (χ4n) is 1.85. The maximum atomic E-state index is 11.6. The molecule has 0 aliphatic heterocycles. The van der Waals surface area contributed by atoms with Crippen LogP contribution in [0.25, 0.3) is 11.4 Å². The Kier molecular flexibility index (Phi) is 4.37. The van der Waals surface area contributed by atoms with Crippen molar-refractivity contribution in [2.75, 3.05) is 21.3 Å². The van der Waals surface area contributed by atoms with Crippen LogP contribution in [-0.2, 0) is 11.3 Å². The van der Waals surface area contributed by atoms with Gasteiger partial charge < -0.3 is 19.2 Å². The van der Waals surface area contributed by atoms with Gasteiger partial charge in [-0.2, -0.15) is 0 Å². The van der Waals surface area contributed by atoms with Crippen LogP contribution in [0.1, 0.15) is 5.69 Å². The van der Waals surface area contributed by atoms with Gasteiger partial charge in [0.05, 0.1) is 26.5 Å². The van der Waals surface area contributed by atoms with E-state index in [0.29, 0.717) is 23.0 Å². The summed E-state index contributed by atoms with van der Waals surface area (Å²) >= 11 is 0. The molecule has 20 heavy (non-hydrogen) atoms. The molecule has 0 radical (unpaired) electrons. The lowest BCUT2D eigenvalue weighted by Gasteiger charge is -2.09. The monoisotopic (exact) mass is 276 g/mol. The lowest BCUT2D eigenvalue weighted by atomic mass is 10.2. The van der Waals surface area contributed by atoms with Gasteiger partial charge in [0.25, 0.3) is 5.56 Å². The Morgan fingerprint density at radius 2 is 1.85 bits per heavy atom. The zero-order chi connectivity index (χ0) is 14.5. The number of nitrogens with zero attached hydrogens (tertiary/aromatic N) is 1. The largest absolute Gasteiger partial charge is 0.493 e. The summed E-state index contributed by atoms with van der Waals surface area (Å²) in [6, 6.07) is 6.73. The number of H-pyrrole nitrogens is 1. The van der Waals surface area contributed by atoms with Crippen molar-refractivity contribution in [3.05, 3.63) is 40.3 Å². The average molecular weight is 276 g/mol. The minimum absolute atomic E-state index is 0.225. The number of methoxy groups -OCH3 is 3. The molecule has 2 aromatic rings. The second kappa shape index (κ2) is 6.21. The van der Waals surface area contributed by atoms with Gasteiger partial charge in [-0.3, -0.25) is 4.79 Å². The van der Waals surface area contributed by atoms with E-state index in [9.17, 15) is 4.79 Å². The van der Waals surface area contributed by atoms with E-state index in [0.717, 1.165) is 5.56 Å². The first-order valence-corrected chi connectivity index (χ1v) is 5.99. The van der Waals surface area contributed by atoms with Gasteiger partial charge in [0, 0.05) is 18.7 Å². The van der Waals surface area contributed by atoms with E-state index in [2.05, 4.69) is 9.97 Å². The molecule has 1 heterocycles. The summed E-state index contributed by atoms with van der Waals surface area (Å²) in [5.41, 5.74) is 1.08. The summed E-state index contributed by atoms with van der Waals surface area (Å²) in [4.78, 5) is 18.7. The topological polar surface area (TPSA) is 73.4 Å². The van der Waals surface area contributed by atoms with Crippen molar-refractivity contribution in [1.29, 1.82) is 0 Å². The second-order valence-electron chi connectivity index (χ2n) is 4.09. The Bertz CT molecular complexity index is 652. The van der Waals surface area contributed by atoms with Gasteiger partial charge in [0.1, 0.15) is 5.82 Å². The van der Waals surface area contributed by atoms with Crippen LogP contribution in [0.2, 0.25) is 0 Å². The predicted molar refractivity (Wildman–Crippen MR) is 74.1 cm³/mol. The smallest absolute Gasteiger partial charge is 0.251 e. The average Bonchev–Trinajstić information content (AvgIpc) is 2.46. The quantitative estimate of drug-likeness (QED) is 0.898. The Morgan fingerprint density at radius 3 is 2.50 bits per heavy atom. The zero-order valence-electron chi connectivity index (χ0n) is 11.6. The highest BCUT2D eigenvalue weighted by atomic mass is 16.5. The molecule has 0 atom stereocenters. The third-order valence-corrected chi connectivity index (χ3v) is 2.74. The molecule has 1 aromatic heterocycles. The summed E-state index contributed by atoms with van der Waals surface area (Å²) in [6.07, 6.45) is 0. The Balaban J connectivity index is 2.48. The molecule has 6 nitrogen and oxygen atoms in total. The number of benzene rings is 1. The molecule has 0 fully saturated rings. The normalized spacial score (nSPS) is 10.3.